The van der Waals surface area contributed by atoms with Gasteiger partial charge in [-0.3, -0.25) is 4.68 Å². The Morgan fingerprint density at radius 2 is 2.00 bits per heavy atom. The van der Waals surface area contributed by atoms with E-state index in [1.807, 2.05) is 0 Å². The second-order valence-corrected chi connectivity index (χ2v) is 5.85. The summed E-state index contributed by atoms with van der Waals surface area (Å²) in [5.74, 6) is 0. The van der Waals surface area contributed by atoms with Crippen LogP contribution in [-0.2, 0) is 17.7 Å². The summed E-state index contributed by atoms with van der Waals surface area (Å²) in [7, 11) is 0. The highest BCUT2D eigenvalue weighted by atomic mass is 16.5. The largest absolute Gasteiger partial charge is 0.372 e. The van der Waals surface area contributed by atoms with Gasteiger partial charge in [0, 0.05) is 12.2 Å². The van der Waals surface area contributed by atoms with Crippen molar-refractivity contribution in [2.75, 3.05) is 13.1 Å². The van der Waals surface area contributed by atoms with Gasteiger partial charge in [0.15, 0.2) is 0 Å². The third kappa shape index (κ3) is 3.61. The molecule has 2 rings (SSSR count). The maximum Gasteiger partial charge on any atom is 0.0776 e. The summed E-state index contributed by atoms with van der Waals surface area (Å²) in [6, 6.07) is 0. The second kappa shape index (κ2) is 7.23. The fourth-order valence-corrected chi connectivity index (χ4v) is 3.12. The third-order valence-corrected chi connectivity index (χ3v) is 4.26. The molecule has 0 radical (unpaired) electrons. The number of aryl methyl sites for hydroxylation is 1. The first kappa shape index (κ1) is 15.5. The van der Waals surface area contributed by atoms with Gasteiger partial charge in [-0.25, -0.2) is 0 Å². The number of hydrogen-bond donors (Lipinski definition) is 1. The number of aromatic nitrogens is 2. The topological polar surface area (TPSA) is 39.1 Å². The summed E-state index contributed by atoms with van der Waals surface area (Å²) >= 11 is 0. The molecular weight excluding hydrogens is 250 g/mol. The van der Waals surface area contributed by atoms with Gasteiger partial charge >= 0.3 is 0 Å². The molecule has 2 heterocycles. The van der Waals surface area contributed by atoms with Crippen LogP contribution in [0, 0.1) is 13.8 Å². The Kier molecular flexibility index (Phi) is 5.61. The van der Waals surface area contributed by atoms with Crippen molar-refractivity contribution in [1.82, 2.24) is 15.1 Å². The van der Waals surface area contributed by atoms with Crippen LogP contribution in [0.2, 0.25) is 0 Å². The summed E-state index contributed by atoms with van der Waals surface area (Å²) in [4.78, 5) is 0. The lowest BCUT2D eigenvalue weighted by Crippen LogP contribution is -2.28. The lowest BCUT2D eigenvalue weighted by Gasteiger charge is -2.15. The van der Waals surface area contributed by atoms with Gasteiger partial charge in [-0.05, 0) is 51.6 Å². The van der Waals surface area contributed by atoms with Crippen molar-refractivity contribution in [3.63, 3.8) is 0 Å². The van der Waals surface area contributed by atoms with Gasteiger partial charge in [-0.1, -0.05) is 13.8 Å². The predicted molar refractivity (Wildman–Crippen MR) is 82.1 cm³/mol. The van der Waals surface area contributed by atoms with E-state index in [1.54, 1.807) is 0 Å². The SMILES string of the molecule is CCCNCC1CCC(Cn2nc(C)c(CC)c2C)O1. The Labute approximate surface area is 122 Å². The first-order valence-corrected chi connectivity index (χ1v) is 8.04. The molecule has 1 aromatic heterocycles. The molecule has 0 amide bonds. The van der Waals surface area contributed by atoms with E-state index in [9.17, 15) is 0 Å². The van der Waals surface area contributed by atoms with Crippen LogP contribution in [-0.4, -0.2) is 35.1 Å². The highest BCUT2D eigenvalue weighted by Crippen LogP contribution is 2.22. The van der Waals surface area contributed by atoms with Gasteiger partial charge in [-0.2, -0.15) is 5.10 Å². The Bertz CT molecular complexity index is 428. The van der Waals surface area contributed by atoms with Crippen molar-refractivity contribution in [2.24, 2.45) is 0 Å². The van der Waals surface area contributed by atoms with Crippen LogP contribution in [0.1, 0.15) is 50.1 Å². The number of rotatable bonds is 7. The minimum Gasteiger partial charge on any atom is -0.372 e. The third-order valence-electron chi connectivity index (χ3n) is 4.26. The molecule has 2 atom stereocenters. The monoisotopic (exact) mass is 279 g/mol. The van der Waals surface area contributed by atoms with E-state index in [0.717, 1.165) is 32.5 Å². The number of nitrogens with zero attached hydrogens (tertiary/aromatic N) is 2. The molecule has 0 aliphatic carbocycles. The number of nitrogens with one attached hydrogen (secondary N) is 1. The first-order chi connectivity index (χ1) is 9.65. The van der Waals surface area contributed by atoms with E-state index < -0.39 is 0 Å². The highest BCUT2D eigenvalue weighted by Gasteiger charge is 2.26. The molecule has 0 bridgehead atoms. The van der Waals surface area contributed by atoms with Gasteiger partial charge in [0.1, 0.15) is 0 Å². The van der Waals surface area contributed by atoms with E-state index >= 15 is 0 Å². The molecule has 4 nitrogen and oxygen atoms in total. The number of ether oxygens (including phenoxy) is 1. The van der Waals surface area contributed by atoms with Crippen LogP contribution in [0.25, 0.3) is 0 Å². The fourth-order valence-electron chi connectivity index (χ4n) is 3.12. The standard InChI is InChI=1S/C16H29N3O/c1-5-9-17-10-14-7-8-15(20-14)11-19-13(4)16(6-2)12(3)18-19/h14-15,17H,5-11H2,1-4H3. The maximum atomic E-state index is 6.13. The Morgan fingerprint density at radius 1 is 1.25 bits per heavy atom. The smallest absolute Gasteiger partial charge is 0.0776 e. The molecule has 4 heteroatoms. The normalized spacial score (nSPS) is 22.6. The summed E-state index contributed by atoms with van der Waals surface area (Å²) in [6.45, 7) is 11.6. The summed E-state index contributed by atoms with van der Waals surface area (Å²) in [6.07, 6.45) is 5.27. The van der Waals surface area contributed by atoms with Gasteiger partial charge in [-0.15, -0.1) is 0 Å². The first-order valence-electron chi connectivity index (χ1n) is 8.04. The lowest BCUT2D eigenvalue weighted by atomic mass is 10.1. The van der Waals surface area contributed by atoms with E-state index in [-0.39, 0.29) is 0 Å². The Morgan fingerprint density at radius 3 is 2.65 bits per heavy atom. The minimum atomic E-state index is 0.325. The van der Waals surface area contributed by atoms with Crippen LogP contribution in [0.5, 0.6) is 0 Å². The molecule has 0 saturated carbocycles. The van der Waals surface area contributed by atoms with Crippen molar-refractivity contribution >= 4 is 0 Å². The summed E-state index contributed by atoms with van der Waals surface area (Å²) in [5.41, 5.74) is 3.87. The molecule has 1 aliphatic rings. The van der Waals surface area contributed by atoms with Crippen LogP contribution < -0.4 is 5.32 Å². The van der Waals surface area contributed by atoms with E-state index in [1.165, 1.54) is 29.8 Å². The fraction of sp³-hybridized carbons (Fsp3) is 0.812. The van der Waals surface area contributed by atoms with Crippen molar-refractivity contribution in [3.8, 4) is 0 Å². The molecule has 1 fully saturated rings. The van der Waals surface area contributed by atoms with Gasteiger partial charge in [0.2, 0.25) is 0 Å². The van der Waals surface area contributed by atoms with Crippen molar-refractivity contribution < 1.29 is 4.74 Å². The molecular formula is C16H29N3O. The zero-order valence-electron chi connectivity index (χ0n) is 13.4. The molecule has 1 N–H and O–H groups in total. The maximum absolute atomic E-state index is 6.13. The molecule has 1 aromatic rings. The van der Waals surface area contributed by atoms with Crippen LogP contribution in [0.3, 0.4) is 0 Å². The zero-order chi connectivity index (χ0) is 14.5. The van der Waals surface area contributed by atoms with Crippen molar-refractivity contribution in [3.05, 3.63) is 17.0 Å². The molecule has 0 spiro atoms. The summed E-state index contributed by atoms with van der Waals surface area (Å²) in [5, 5.41) is 8.11. The van der Waals surface area contributed by atoms with E-state index in [4.69, 9.17) is 4.74 Å². The van der Waals surface area contributed by atoms with E-state index in [0.29, 0.717) is 12.2 Å². The minimum absolute atomic E-state index is 0.325. The quantitative estimate of drug-likeness (QED) is 0.780. The van der Waals surface area contributed by atoms with Crippen molar-refractivity contribution in [2.45, 2.75) is 72.1 Å². The molecule has 1 aliphatic heterocycles. The molecule has 114 valence electrons. The second-order valence-electron chi connectivity index (χ2n) is 5.85. The van der Waals surface area contributed by atoms with Gasteiger partial charge in [0.25, 0.3) is 0 Å². The van der Waals surface area contributed by atoms with Crippen LogP contribution >= 0.6 is 0 Å². The molecule has 0 aromatic carbocycles. The predicted octanol–water partition coefficient (Wildman–Crippen LogP) is 2.61. The molecule has 1 saturated heterocycles. The Hall–Kier alpha value is -0.870. The van der Waals surface area contributed by atoms with Gasteiger partial charge < -0.3 is 10.1 Å². The molecule has 2 unspecified atom stereocenters. The lowest BCUT2D eigenvalue weighted by molar-refractivity contribution is 0.0339. The number of hydrogen-bond acceptors (Lipinski definition) is 3. The average molecular weight is 279 g/mol. The van der Waals surface area contributed by atoms with Crippen LogP contribution in [0.4, 0.5) is 0 Å². The molecule has 20 heavy (non-hydrogen) atoms. The summed E-state index contributed by atoms with van der Waals surface area (Å²) < 4.78 is 8.27. The Balaban J connectivity index is 1.86. The average Bonchev–Trinajstić information content (AvgIpc) is 2.96. The zero-order valence-corrected chi connectivity index (χ0v) is 13.4. The van der Waals surface area contributed by atoms with E-state index in [2.05, 4.69) is 42.8 Å². The van der Waals surface area contributed by atoms with Gasteiger partial charge in [0.05, 0.1) is 24.4 Å². The van der Waals surface area contributed by atoms with Crippen molar-refractivity contribution in [1.29, 1.82) is 0 Å². The highest BCUT2D eigenvalue weighted by molar-refractivity contribution is 5.24. The van der Waals surface area contributed by atoms with Crippen LogP contribution in [0.15, 0.2) is 0 Å².